The van der Waals surface area contributed by atoms with E-state index in [1.54, 1.807) is 7.11 Å². The number of hydrogen-bond acceptors (Lipinski definition) is 3. The summed E-state index contributed by atoms with van der Waals surface area (Å²) in [7, 11) is 1.63. The third-order valence-corrected chi connectivity index (χ3v) is 4.22. The van der Waals surface area contributed by atoms with Crippen molar-refractivity contribution in [3.63, 3.8) is 0 Å². The summed E-state index contributed by atoms with van der Waals surface area (Å²) in [6, 6.07) is 13.6. The van der Waals surface area contributed by atoms with E-state index in [-0.39, 0.29) is 18.6 Å². The number of benzene rings is 2. The predicted octanol–water partition coefficient (Wildman–Crippen LogP) is 4.38. The monoisotopic (exact) mass is 341 g/mol. The molecule has 1 amide bonds. The molecule has 1 N–H and O–H groups in total. The lowest BCUT2D eigenvalue weighted by molar-refractivity contribution is -0.123. The minimum Gasteiger partial charge on any atom is -0.496 e. The molecule has 0 saturated carbocycles. The molecule has 0 heterocycles. The van der Waals surface area contributed by atoms with Crippen LogP contribution in [0.25, 0.3) is 0 Å². The maximum Gasteiger partial charge on any atom is 0.258 e. The van der Waals surface area contributed by atoms with E-state index >= 15 is 0 Å². The summed E-state index contributed by atoms with van der Waals surface area (Å²) in [5.74, 6) is 1.78. The molecule has 0 spiro atoms. The van der Waals surface area contributed by atoms with Gasteiger partial charge in [-0.15, -0.1) is 0 Å². The molecule has 0 radical (unpaired) electrons. The fourth-order valence-electron chi connectivity index (χ4n) is 2.66. The highest BCUT2D eigenvalue weighted by Crippen LogP contribution is 2.25. The molecule has 0 fully saturated rings. The second-order valence-corrected chi connectivity index (χ2v) is 6.50. The zero-order valence-corrected chi connectivity index (χ0v) is 15.6. The van der Waals surface area contributed by atoms with Gasteiger partial charge in [0.25, 0.3) is 5.91 Å². The molecule has 2 rings (SSSR count). The summed E-state index contributed by atoms with van der Waals surface area (Å²) in [5.41, 5.74) is 3.16. The molecule has 0 saturated heterocycles. The van der Waals surface area contributed by atoms with Crippen LogP contribution in [0, 0.1) is 6.92 Å². The van der Waals surface area contributed by atoms with Crippen LogP contribution in [0.15, 0.2) is 42.5 Å². The van der Waals surface area contributed by atoms with Crippen LogP contribution in [0.1, 0.15) is 49.4 Å². The number of ether oxygens (including phenoxy) is 2. The van der Waals surface area contributed by atoms with Crippen LogP contribution in [0.3, 0.4) is 0 Å². The van der Waals surface area contributed by atoms with Crippen LogP contribution < -0.4 is 14.8 Å². The van der Waals surface area contributed by atoms with Crippen molar-refractivity contribution >= 4 is 5.91 Å². The summed E-state index contributed by atoms with van der Waals surface area (Å²) in [4.78, 5) is 12.3. The number of aryl methyl sites for hydroxylation is 1. The highest BCUT2D eigenvalue weighted by atomic mass is 16.5. The number of carbonyl (C=O) groups is 1. The van der Waals surface area contributed by atoms with Crippen molar-refractivity contribution in [3.05, 3.63) is 59.2 Å². The summed E-state index contributed by atoms with van der Waals surface area (Å²) < 4.78 is 11.1. The second kappa shape index (κ2) is 8.56. The van der Waals surface area contributed by atoms with Crippen molar-refractivity contribution in [2.24, 2.45) is 0 Å². The minimum atomic E-state index is -0.159. The molecule has 1 atom stereocenters. The Kier molecular flexibility index (Phi) is 6.45. The van der Waals surface area contributed by atoms with Crippen molar-refractivity contribution in [3.8, 4) is 11.5 Å². The number of methoxy groups -OCH3 is 1. The number of hydrogen-bond donors (Lipinski definition) is 1. The molecule has 1 unspecified atom stereocenters. The van der Waals surface area contributed by atoms with E-state index in [1.807, 2.05) is 50.2 Å². The first-order valence-corrected chi connectivity index (χ1v) is 8.58. The summed E-state index contributed by atoms with van der Waals surface area (Å²) in [6.45, 7) is 8.17. The molecule has 0 bridgehead atoms. The van der Waals surface area contributed by atoms with Gasteiger partial charge in [-0.2, -0.15) is 0 Å². The molecule has 134 valence electrons. The van der Waals surface area contributed by atoms with Crippen molar-refractivity contribution in [1.82, 2.24) is 5.32 Å². The molecule has 4 nitrogen and oxygen atoms in total. The van der Waals surface area contributed by atoms with Crippen LogP contribution >= 0.6 is 0 Å². The topological polar surface area (TPSA) is 47.6 Å². The van der Waals surface area contributed by atoms with Gasteiger partial charge in [0.2, 0.25) is 0 Å². The fourth-order valence-corrected chi connectivity index (χ4v) is 2.66. The van der Waals surface area contributed by atoms with E-state index in [0.29, 0.717) is 5.92 Å². The highest BCUT2D eigenvalue weighted by molar-refractivity contribution is 5.78. The van der Waals surface area contributed by atoms with E-state index in [0.717, 1.165) is 22.6 Å². The number of nitrogens with one attached hydrogen (secondary N) is 1. The molecule has 2 aromatic rings. The van der Waals surface area contributed by atoms with Crippen molar-refractivity contribution in [1.29, 1.82) is 0 Å². The Morgan fingerprint density at radius 3 is 2.48 bits per heavy atom. The summed E-state index contributed by atoms with van der Waals surface area (Å²) in [6.07, 6.45) is 0. The van der Waals surface area contributed by atoms with Crippen LogP contribution in [0.4, 0.5) is 0 Å². The largest absolute Gasteiger partial charge is 0.496 e. The number of rotatable bonds is 7. The molecular weight excluding hydrogens is 314 g/mol. The lowest BCUT2D eigenvalue weighted by atomic mass is 10.0. The fraction of sp³-hybridized carbons (Fsp3) is 0.381. The van der Waals surface area contributed by atoms with E-state index in [4.69, 9.17) is 9.47 Å². The highest BCUT2D eigenvalue weighted by Gasteiger charge is 2.14. The van der Waals surface area contributed by atoms with Gasteiger partial charge in [-0.05, 0) is 43.0 Å². The number of carbonyl (C=O) groups excluding carboxylic acids is 1. The van der Waals surface area contributed by atoms with Gasteiger partial charge >= 0.3 is 0 Å². The number of para-hydroxylation sites is 1. The Balaban J connectivity index is 1.98. The lowest BCUT2D eigenvalue weighted by Crippen LogP contribution is -2.31. The summed E-state index contributed by atoms with van der Waals surface area (Å²) in [5, 5.41) is 2.95. The first kappa shape index (κ1) is 18.8. The minimum absolute atomic E-state index is 0.0120. The van der Waals surface area contributed by atoms with E-state index in [2.05, 4.69) is 25.2 Å². The Hall–Kier alpha value is -2.49. The van der Waals surface area contributed by atoms with Crippen molar-refractivity contribution in [2.45, 2.75) is 39.7 Å². The first-order chi connectivity index (χ1) is 11.9. The summed E-state index contributed by atoms with van der Waals surface area (Å²) >= 11 is 0. The third kappa shape index (κ3) is 4.99. The zero-order chi connectivity index (χ0) is 18.4. The average Bonchev–Trinajstić information content (AvgIpc) is 2.60. The molecule has 0 aliphatic heterocycles. The predicted molar refractivity (Wildman–Crippen MR) is 100 cm³/mol. The van der Waals surface area contributed by atoms with E-state index < -0.39 is 0 Å². The van der Waals surface area contributed by atoms with Crippen LogP contribution in [0.2, 0.25) is 0 Å². The lowest BCUT2D eigenvalue weighted by Gasteiger charge is -2.18. The van der Waals surface area contributed by atoms with Gasteiger partial charge in [0.15, 0.2) is 6.61 Å². The number of amides is 1. The van der Waals surface area contributed by atoms with E-state index in [1.165, 1.54) is 5.56 Å². The molecule has 0 aliphatic rings. The maximum atomic E-state index is 12.3. The standard InChI is InChI=1S/C21H27NO3/c1-14(2)17-11-10-15(3)20(12-17)25-13-21(23)22-16(4)18-8-6-7-9-19(18)24-5/h6-12,14,16H,13H2,1-5H3,(H,22,23). The molecule has 2 aromatic carbocycles. The van der Waals surface area contributed by atoms with Gasteiger partial charge in [0.1, 0.15) is 11.5 Å². The van der Waals surface area contributed by atoms with Crippen LogP contribution in [-0.2, 0) is 4.79 Å². The van der Waals surface area contributed by atoms with Crippen LogP contribution in [0.5, 0.6) is 11.5 Å². The van der Waals surface area contributed by atoms with Gasteiger partial charge in [0, 0.05) is 5.56 Å². The molecule has 0 aromatic heterocycles. The van der Waals surface area contributed by atoms with Gasteiger partial charge in [-0.3, -0.25) is 4.79 Å². The van der Waals surface area contributed by atoms with Gasteiger partial charge in [0.05, 0.1) is 13.2 Å². The Bertz CT molecular complexity index is 725. The average molecular weight is 341 g/mol. The second-order valence-electron chi connectivity index (χ2n) is 6.50. The molecule has 0 aliphatic carbocycles. The Labute approximate surface area is 150 Å². The molecule has 25 heavy (non-hydrogen) atoms. The first-order valence-electron chi connectivity index (χ1n) is 8.58. The molecule has 4 heteroatoms. The molecular formula is C21H27NO3. The third-order valence-electron chi connectivity index (χ3n) is 4.22. The smallest absolute Gasteiger partial charge is 0.258 e. The van der Waals surface area contributed by atoms with Crippen LogP contribution in [-0.4, -0.2) is 19.6 Å². The SMILES string of the molecule is COc1ccccc1C(C)NC(=O)COc1cc(C(C)C)ccc1C. The normalized spacial score (nSPS) is 11.9. The zero-order valence-electron chi connectivity index (χ0n) is 15.6. The van der Waals surface area contributed by atoms with Gasteiger partial charge in [-0.25, -0.2) is 0 Å². The Morgan fingerprint density at radius 1 is 1.08 bits per heavy atom. The Morgan fingerprint density at radius 2 is 1.80 bits per heavy atom. The van der Waals surface area contributed by atoms with Gasteiger partial charge < -0.3 is 14.8 Å². The van der Waals surface area contributed by atoms with E-state index in [9.17, 15) is 4.79 Å². The van der Waals surface area contributed by atoms with Gasteiger partial charge in [-0.1, -0.05) is 44.2 Å². The van der Waals surface area contributed by atoms with Crippen molar-refractivity contribution < 1.29 is 14.3 Å². The van der Waals surface area contributed by atoms with Crippen molar-refractivity contribution in [2.75, 3.05) is 13.7 Å². The quantitative estimate of drug-likeness (QED) is 0.813. The maximum absolute atomic E-state index is 12.3.